The number of rotatable bonds is 7. The third kappa shape index (κ3) is 4.66. The summed E-state index contributed by atoms with van der Waals surface area (Å²) in [5.41, 5.74) is 2.70. The van der Waals surface area contributed by atoms with Crippen molar-refractivity contribution in [1.82, 2.24) is 5.32 Å². The summed E-state index contributed by atoms with van der Waals surface area (Å²) in [5, 5.41) is 4.37. The van der Waals surface area contributed by atoms with Gasteiger partial charge in [0.25, 0.3) is 0 Å². The van der Waals surface area contributed by atoms with Crippen LogP contribution in [-0.2, 0) is 6.42 Å². The molecule has 0 heterocycles. The Morgan fingerprint density at radius 2 is 1.85 bits per heavy atom. The summed E-state index contributed by atoms with van der Waals surface area (Å²) in [5.74, 6) is 0. The minimum atomic E-state index is 0.391. The van der Waals surface area contributed by atoms with Crippen LogP contribution in [0.2, 0.25) is 5.02 Å². The van der Waals surface area contributed by atoms with E-state index in [0.717, 1.165) is 24.4 Å². The lowest BCUT2D eigenvalue weighted by molar-refractivity contribution is 0.498. The highest BCUT2D eigenvalue weighted by Crippen LogP contribution is 2.22. The molecule has 0 aliphatic heterocycles. The molecule has 0 saturated carbocycles. The number of aryl methyl sites for hydroxylation is 1. The number of hydrogen-bond donors (Lipinski definition) is 1. The average molecular weight is 288 g/mol. The van der Waals surface area contributed by atoms with E-state index in [0.29, 0.717) is 6.04 Å². The van der Waals surface area contributed by atoms with Crippen LogP contribution in [0.25, 0.3) is 0 Å². The Bertz CT molecular complexity index is 510. The molecule has 0 aliphatic rings. The first kappa shape index (κ1) is 15.1. The van der Waals surface area contributed by atoms with E-state index in [1.54, 1.807) is 0 Å². The van der Waals surface area contributed by atoms with Gasteiger partial charge >= 0.3 is 0 Å². The van der Waals surface area contributed by atoms with Crippen molar-refractivity contribution in [3.05, 3.63) is 70.7 Å². The minimum absolute atomic E-state index is 0.391. The Hall–Kier alpha value is -1.31. The van der Waals surface area contributed by atoms with E-state index in [1.165, 1.54) is 17.5 Å². The smallest absolute Gasteiger partial charge is 0.0409 e. The number of nitrogens with one attached hydrogen (secondary N) is 1. The molecule has 1 N–H and O–H groups in total. The Labute approximate surface area is 127 Å². The molecule has 106 valence electrons. The molecule has 1 atom stereocenters. The Kier molecular flexibility index (Phi) is 6.10. The summed E-state index contributed by atoms with van der Waals surface area (Å²) < 4.78 is 0. The van der Waals surface area contributed by atoms with E-state index in [1.807, 2.05) is 12.1 Å². The van der Waals surface area contributed by atoms with Crippen LogP contribution in [0, 0.1) is 0 Å². The van der Waals surface area contributed by atoms with Gasteiger partial charge in [-0.3, -0.25) is 0 Å². The first-order valence-corrected chi connectivity index (χ1v) is 7.70. The van der Waals surface area contributed by atoms with Crippen molar-refractivity contribution in [3.8, 4) is 0 Å². The monoisotopic (exact) mass is 287 g/mol. The lowest BCUT2D eigenvalue weighted by Gasteiger charge is -2.18. The second-order valence-corrected chi connectivity index (χ2v) is 5.48. The molecular formula is C18H22ClN. The van der Waals surface area contributed by atoms with Gasteiger partial charge in [-0.25, -0.2) is 0 Å². The molecular weight excluding hydrogens is 266 g/mol. The summed E-state index contributed by atoms with van der Waals surface area (Å²) in [7, 11) is 0. The van der Waals surface area contributed by atoms with Crippen LogP contribution >= 0.6 is 11.6 Å². The van der Waals surface area contributed by atoms with Gasteiger partial charge in [0.2, 0.25) is 0 Å². The molecule has 2 rings (SSSR count). The van der Waals surface area contributed by atoms with Crippen LogP contribution in [0.5, 0.6) is 0 Å². The minimum Gasteiger partial charge on any atom is -0.310 e. The zero-order valence-corrected chi connectivity index (χ0v) is 12.7. The maximum absolute atomic E-state index is 6.09. The van der Waals surface area contributed by atoms with Crippen molar-refractivity contribution in [2.75, 3.05) is 6.54 Å². The summed E-state index contributed by atoms with van der Waals surface area (Å²) in [6.45, 7) is 3.12. The fourth-order valence-electron chi connectivity index (χ4n) is 2.51. The summed E-state index contributed by atoms with van der Waals surface area (Å²) in [6.07, 6.45) is 3.43. The molecule has 2 aromatic carbocycles. The average Bonchev–Trinajstić information content (AvgIpc) is 2.47. The molecule has 0 bridgehead atoms. The highest BCUT2D eigenvalue weighted by Gasteiger charge is 2.10. The van der Waals surface area contributed by atoms with Crippen LogP contribution in [0.4, 0.5) is 0 Å². The summed E-state index contributed by atoms with van der Waals surface area (Å²) in [6, 6.07) is 19.2. The van der Waals surface area contributed by atoms with Crippen LogP contribution in [0.3, 0.4) is 0 Å². The predicted molar refractivity (Wildman–Crippen MR) is 87.2 cm³/mol. The maximum atomic E-state index is 6.09. The first-order chi connectivity index (χ1) is 9.79. The van der Waals surface area contributed by atoms with Gasteiger partial charge in [-0.05, 0) is 49.1 Å². The number of benzene rings is 2. The quantitative estimate of drug-likeness (QED) is 0.754. The van der Waals surface area contributed by atoms with Crippen molar-refractivity contribution in [2.24, 2.45) is 0 Å². The molecule has 0 aromatic heterocycles. The van der Waals surface area contributed by atoms with Gasteiger partial charge in [0.05, 0.1) is 0 Å². The first-order valence-electron chi connectivity index (χ1n) is 7.32. The van der Waals surface area contributed by atoms with Gasteiger partial charge in [0, 0.05) is 11.1 Å². The molecule has 1 unspecified atom stereocenters. The van der Waals surface area contributed by atoms with E-state index < -0.39 is 0 Å². The molecule has 0 amide bonds. The van der Waals surface area contributed by atoms with Crippen LogP contribution in [0.1, 0.15) is 36.9 Å². The molecule has 0 radical (unpaired) electrons. The second-order valence-electron chi connectivity index (χ2n) is 5.04. The third-order valence-electron chi connectivity index (χ3n) is 3.50. The van der Waals surface area contributed by atoms with Crippen LogP contribution in [0.15, 0.2) is 54.6 Å². The molecule has 20 heavy (non-hydrogen) atoms. The number of hydrogen-bond acceptors (Lipinski definition) is 1. The van der Waals surface area contributed by atoms with Gasteiger partial charge in [-0.15, -0.1) is 0 Å². The van der Waals surface area contributed by atoms with E-state index in [4.69, 9.17) is 11.6 Å². The molecule has 0 saturated heterocycles. The predicted octanol–water partition coefficient (Wildman–Crippen LogP) is 5.01. The fraction of sp³-hybridized carbons (Fsp3) is 0.333. The van der Waals surface area contributed by atoms with Crippen LogP contribution in [-0.4, -0.2) is 6.54 Å². The zero-order chi connectivity index (χ0) is 14.2. The molecule has 2 heteroatoms. The Morgan fingerprint density at radius 3 is 2.55 bits per heavy atom. The zero-order valence-electron chi connectivity index (χ0n) is 12.0. The topological polar surface area (TPSA) is 12.0 Å². The second kappa shape index (κ2) is 8.08. The van der Waals surface area contributed by atoms with Gasteiger partial charge in [0.1, 0.15) is 0 Å². The van der Waals surface area contributed by atoms with Crippen molar-refractivity contribution in [1.29, 1.82) is 0 Å². The Morgan fingerprint density at radius 1 is 1.05 bits per heavy atom. The SMILES string of the molecule is CCNC(CCCc1ccccc1)c1cccc(Cl)c1. The molecule has 1 nitrogen and oxygen atoms in total. The van der Waals surface area contributed by atoms with Gasteiger partial charge < -0.3 is 5.32 Å². The molecule has 0 aliphatic carbocycles. The van der Waals surface area contributed by atoms with Gasteiger partial charge in [-0.1, -0.05) is 61.0 Å². The van der Waals surface area contributed by atoms with Crippen molar-refractivity contribution in [2.45, 2.75) is 32.2 Å². The van der Waals surface area contributed by atoms with E-state index >= 15 is 0 Å². The highest BCUT2D eigenvalue weighted by molar-refractivity contribution is 6.30. The lowest BCUT2D eigenvalue weighted by atomic mass is 9.99. The van der Waals surface area contributed by atoms with E-state index in [9.17, 15) is 0 Å². The van der Waals surface area contributed by atoms with Crippen LogP contribution < -0.4 is 5.32 Å². The van der Waals surface area contributed by atoms with Crippen molar-refractivity contribution < 1.29 is 0 Å². The maximum Gasteiger partial charge on any atom is 0.0409 e. The molecule has 0 spiro atoms. The van der Waals surface area contributed by atoms with Crippen molar-refractivity contribution in [3.63, 3.8) is 0 Å². The molecule has 0 fully saturated rings. The number of halogens is 1. The summed E-state index contributed by atoms with van der Waals surface area (Å²) >= 11 is 6.09. The standard InChI is InChI=1S/C18H22ClN/c1-2-20-18(16-11-7-12-17(19)14-16)13-6-10-15-8-4-3-5-9-15/h3-5,7-9,11-12,14,18,20H,2,6,10,13H2,1H3. The molecule has 2 aromatic rings. The highest BCUT2D eigenvalue weighted by atomic mass is 35.5. The normalized spacial score (nSPS) is 12.3. The van der Waals surface area contributed by atoms with E-state index in [2.05, 4.69) is 54.7 Å². The lowest BCUT2D eigenvalue weighted by Crippen LogP contribution is -2.21. The van der Waals surface area contributed by atoms with E-state index in [-0.39, 0.29) is 0 Å². The fourth-order valence-corrected chi connectivity index (χ4v) is 2.71. The van der Waals surface area contributed by atoms with Gasteiger partial charge in [-0.2, -0.15) is 0 Å². The van der Waals surface area contributed by atoms with Gasteiger partial charge in [0.15, 0.2) is 0 Å². The largest absolute Gasteiger partial charge is 0.310 e. The van der Waals surface area contributed by atoms with Crippen molar-refractivity contribution >= 4 is 11.6 Å². The summed E-state index contributed by atoms with van der Waals surface area (Å²) in [4.78, 5) is 0. The Balaban J connectivity index is 1.92. The third-order valence-corrected chi connectivity index (χ3v) is 3.74.